The van der Waals surface area contributed by atoms with Crippen molar-refractivity contribution in [2.75, 3.05) is 11.9 Å². The Kier molecular flexibility index (Phi) is 5.42. The molecule has 0 atom stereocenters. The molecule has 0 aliphatic heterocycles. The Balaban J connectivity index is 1.61. The number of amides is 1. The van der Waals surface area contributed by atoms with Gasteiger partial charge in [0.15, 0.2) is 11.6 Å². The first-order chi connectivity index (χ1) is 14.2. The minimum Gasteiger partial charge on any atom is -0.356 e. The van der Waals surface area contributed by atoms with Crippen molar-refractivity contribution >= 4 is 28.4 Å². The molecule has 4 rings (SSSR count). The quantitative estimate of drug-likeness (QED) is 0.506. The lowest BCUT2D eigenvalue weighted by Crippen LogP contribution is -2.25. The van der Waals surface area contributed by atoms with E-state index >= 15 is 0 Å². The molecule has 3 heterocycles. The van der Waals surface area contributed by atoms with Crippen molar-refractivity contribution in [3.63, 3.8) is 0 Å². The van der Waals surface area contributed by atoms with Crippen LogP contribution in [-0.4, -0.2) is 37.2 Å². The Morgan fingerprint density at radius 2 is 1.97 bits per heavy atom. The molecule has 0 bridgehead atoms. The monoisotopic (exact) mass is 387 g/mol. The van der Waals surface area contributed by atoms with Crippen LogP contribution in [0.5, 0.6) is 0 Å². The molecule has 8 nitrogen and oxygen atoms in total. The zero-order chi connectivity index (χ0) is 20.1. The van der Waals surface area contributed by atoms with Crippen molar-refractivity contribution in [3.8, 4) is 5.82 Å². The number of hydrogen-bond donors (Lipinski definition) is 2. The highest BCUT2D eigenvalue weighted by molar-refractivity contribution is 5.90. The Labute approximate surface area is 168 Å². The maximum Gasteiger partial charge on any atom is 0.224 e. The molecular weight excluding hydrogens is 366 g/mol. The normalized spacial score (nSPS) is 10.8. The molecule has 4 aromatic rings. The molecule has 0 fully saturated rings. The van der Waals surface area contributed by atoms with Gasteiger partial charge in [-0.05, 0) is 30.2 Å². The lowest BCUT2D eigenvalue weighted by Gasteiger charge is -2.06. The van der Waals surface area contributed by atoms with E-state index in [0.717, 1.165) is 22.9 Å². The summed E-state index contributed by atoms with van der Waals surface area (Å²) in [5.41, 5.74) is 1.94. The van der Waals surface area contributed by atoms with E-state index in [1.54, 1.807) is 18.6 Å². The minimum atomic E-state index is 0.0179. The van der Waals surface area contributed by atoms with Gasteiger partial charge in [0.25, 0.3) is 0 Å². The second-order valence-corrected chi connectivity index (χ2v) is 6.56. The van der Waals surface area contributed by atoms with Crippen LogP contribution in [0.25, 0.3) is 16.7 Å². The van der Waals surface area contributed by atoms with Gasteiger partial charge >= 0.3 is 0 Å². The van der Waals surface area contributed by atoms with E-state index in [1.165, 1.54) is 0 Å². The van der Waals surface area contributed by atoms with Gasteiger partial charge in [-0.15, -0.1) is 10.2 Å². The van der Waals surface area contributed by atoms with Crippen LogP contribution in [0.3, 0.4) is 0 Å². The maximum atomic E-state index is 12.2. The highest BCUT2D eigenvalue weighted by Gasteiger charge is 2.13. The Bertz CT molecular complexity index is 1110. The van der Waals surface area contributed by atoms with E-state index in [-0.39, 0.29) is 5.91 Å². The number of anilines is 2. The van der Waals surface area contributed by atoms with E-state index in [0.29, 0.717) is 30.4 Å². The molecule has 0 saturated heterocycles. The van der Waals surface area contributed by atoms with Crippen molar-refractivity contribution in [3.05, 3.63) is 66.7 Å². The second-order valence-electron chi connectivity index (χ2n) is 6.56. The summed E-state index contributed by atoms with van der Waals surface area (Å²) in [6, 6.07) is 11.7. The minimum absolute atomic E-state index is 0.0179. The largest absolute Gasteiger partial charge is 0.356 e. The van der Waals surface area contributed by atoms with E-state index in [2.05, 4.69) is 30.8 Å². The zero-order valence-electron chi connectivity index (χ0n) is 16.0. The van der Waals surface area contributed by atoms with E-state index in [9.17, 15) is 4.79 Å². The van der Waals surface area contributed by atoms with Gasteiger partial charge in [-0.25, -0.2) is 4.98 Å². The summed E-state index contributed by atoms with van der Waals surface area (Å²) in [7, 11) is 0. The van der Waals surface area contributed by atoms with Gasteiger partial charge < -0.3 is 10.6 Å². The van der Waals surface area contributed by atoms with Crippen molar-refractivity contribution in [1.82, 2.24) is 30.0 Å². The van der Waals surface area contributed by atoms with Crippen molar-refractivity contribution in [2.24, 2.45) is 0 Å². The third kappa shape index (κ3) is 4.21. The van der Waals surface area contributed by atoms with Crippen LogP contribution in [0.1, 0.15) is 18.9 Å². The molecular formula is C21H21N7O. The van der Waals surface area contributed by atoms with Crippen molar-refractivity contribution < 1.29 is 4.79 Å². The fourth-order valence-corrected chi connectivity index (χ4v) is 3.10. The molecule has 1 amide bonds. The standard InChI is InChI=1S/C21H21N7O/c1-2-9-24-21(29)12-15-14-28(17-6-4-3-5-16(15)17)20-8-7-18(26-27-20)25-19-13-22-10-11-23-19/h3-8,10-11,13-14H,2,9,12H2,1H3,(H,24,29)(H,23,25,26). The molecule has 0 aliphatic rings. The van der Waals surface area contributed by atoms with Crippen LogP contribution in [0, 0.1) is 0 Å². The van der Waals surface area contributed by atoms with Crippen molar-refractivity contribution in [1.29, 1.82) is 0 Å². The fourth-order valence-electron chi connectivity index (χ4n) is 3.10. The molecule has 0 unspecified atom stereocenters. The van der Waals surface area contributed by atoms with Gasteiger partial charge in [0.1, 0.15) is 5.82 Å². The van der Waals surface area contributed by atoms with Crippen LogP contribution >= 0.6 is 0 Å². The first-order valence-corrected chi connectivity index (χ1v) is 9.47. The number of para-hydroxylation sites is 1. The first-order valence-electron chi connectivity index (χ1n) is 9.47. The van der Waals surface area contributed by atoms with Gasteiger partial charge in [0, 0.05) is 30.5 Å². The highest BCUT2D eigenvalue weighted by atomic mass is 16.1. The van der Waals surface area contributed by atoms with Gasteiger partial charge in [0.2, 0.25) is 5.91 Å². The first kappa shape index (κ1) is 18.5. The number of rotatable bonds is 7. The van der Waals surface area contributed by atoms with E-state index in [1.807, 2.05) is 54.1 Å². The number of nitrogens with one attached hydrogen (secondary N) is 2. The zero-order valence-corrected chi connectivity index (χ0v) is 16.0. The SMILES string of the molecule is CCCNC(=O)Cc1cn(-c2ccc(Nc3cnccn3)nn2)c2ccccc12. The van der Waals surface area contributed by atoms with Gasteiger partial charge in [-0.3, -0.25) is 14.3 Å². The molecule has 2 N–H and O–H groups in total. The molecule has 146 valence electrons. The van der Waals surface area contributed by atoms with E-state index < -0.39 is 0 Å². The summed E-state index contributed by atoms with van der Waals surface area (Å²) in [5.74, 6) is 1.86. The Hall–Kier alpha value is -3.81. The summed E-state index contributed by atoms with van der Waals surface area (Å²) in [6.45, 7) is 2.72. The topological polar surface area (TPSA) is 97.6 Å². The lowest BCUT2D eigenvalue weighted by molar-refractivity contribution is -0.120. The second kappa shape index (κ2) is 8.47. The predicted octanol–water partition coefficient (Wildman–Crippen LogP) is 3.02. The number of hydrogen-bond acceptors (Lipinski definition) is 6. The van der Waals surface area contributed by atoms with Gasteiger partial charge in [0.05, 0.1) is 18.1 Å². The molecule has 1 aromatic carbocycles. The molecule has 0 aliphatic carbocycles. The Morgan fingerprint density at radius 1 is 1.07 bits per heavy atom. The molecule has 0 spiro atoms. The number of carbonyl (C=O) groups is 1. The molecule has 3 aromatic heterocycles. The lowest BCUT2D eigenvalue weighted by atomic mass is 10.1. The summed E-state index contributed by atoms with van der Waals surface area (Å²) < 4.78 is 1.96. The predicted molar refractivity (Wildman–Crippen MR) is 111 cm³/mol. The van der Waals surface area contributed by atoms with Gasteiger partial charge in [-0.2, -0.15) is 0 Å². The number of aromatic nitrogens is 5. The number of carbonyl (C=O) groups excluding carboxylic acids is 1. The van der Waals surface area contributed by atoms with Crippen molar-refractivity contribution in [2.45, 2.75) is 19.8 Å². The summed E-state index contributed by atoms with van der Waals surface area (Å²) in [5, 5.41) is 15.6. The fraction of sp³-hybridized carbons (Fsp3) is 0.190. The van der Waals surface area contributed by atoms with Gasteiger partial charge in [-0.1, -0.05) is 25.1 Å². The average molecular weight is 387 g/mol. The third-order valence-corrected chi connectivity index (χ3v) is 4.43. The smallest absolute Gasteiger partial charge is 0.224 e. The number of fused-ring (bicyclic) bond motifs is 1. The summed E-state index contributed by atoms with van der Waals surface area (Å²) in [4.78, 5) is 20.4. The molecule has 29 heavy (non-hydrogen) atoms. The summed E-state index contributed by atoms with van der Waals surface area (Å²) in [6.07, 6.45) is 8.03. The van der Waals surface area contributed by atoms with Crippen LogP contribution in [0.4, 0.5) is 11.6 Å². The van der Waals surface area contributed by atoms with Crippen LogP contribution < -0.4 is 10.6 Å². The van der Waals surface area contributed by atoms with Crippen LogP contribution in [-0.2, 0) is 11.2 Å². The highest BCUT2D eigenvalue weighted by Crippen LogP contribution is 2.25. The summed E-state index contributed by atoms with van der Waals surface area (Å²) >= 11 is 0. The van der Waals surface area contributed by atoms with Crippen LogP contribution in [0.2, 0.25) is 0 Å². The molecule has 8 heteroatoms. The third-order valence-electron chi connectivity index (χ3n) is 4.43. The maximum absolute atomic E-state index is 12.2. The molecule has 0 radical (unpaired) electrons. The number of nitrogens with zero attached hydrogens (tertiary/aromatic N) is 5. The van der Waals surface area contributed by atoms with Crippen LogP contribution in [0.15, 0.2) is 61.2 Å². The average Bonchev–Trinajstić information content (AvgIpc) is 3.12. The number of benzene rings is 1. The molecule has 0 saturated carbocycles. The van der Waals surface area contributed by atoms with E-state index in [4.69, 9.17) is 0 Å². The Morgan fingerprint density at radius 3 is 2.72 bits per heavy atom.